The lowest BCUT2D eigenvalue weighted by atomic mass is 10.1. The number of methoxy groups -OCH3 is 1. The Hall–Kier alpha value is -2.14. The Morgan fingerprint density at radius 2 is 2.10 bits per heavy atom. The summed E-state index contributed by atoms with van der Waals surface area (Å²) in [5.41, 5.74) is 9.94. The van der Waals surface area contributed by atoms with Crippen LogP contribution in [0.1, 0.15) is 5.56 Å². The summed E-state index contributed by atoms with van der Waals surface area (Å²) in [7, 11) is 1.66. The summed E-state index contributed by atoms with van der Waals surface area (Å²) in [5.74, 6) is 1.77. The summed E-state index contributed by atoms with van der Waals surface area (Å²) in [6.45, 7) is 0. The van der Waals surface area contributed by atoms with E-state index in [1.807, 2.05) is 36.4 Å². The van der Waals surface area contributed by atoms with Gasteiger partial charge in [0.05, 0.1) is 18.1 Å². The number of hydrogen-bond donors (Lipinski definition) is 2. The van der Waals surface area contributed by atoms with Gasteiger partial charge in [0, 0.05) is 17.5 Å². The predicted molar refractivity (Wildman–Crippen MR) is 87.9 cm³/mol. The molecule has 1 aromatic heterocycles. The first kappa shape index (κ1) is 13.8. The molecule has 0 atom stereocenters. The third-order valence-corrected chi connectivity index (χ3v) is 4.21. The second-order valence-corrected chi connectivity index (χ2v) is 5.81. The van der Waals surface area contributed by atoms with E-state index in [9.17, 15) is 0 Å². The van der Waals surface area contributed by atoms with Gasteiger partial charge in [-0.1, -0.05) is 30.0 Å². The van der Waals surface area contributed by atoms with E-state index in [4.69, 9.17) is 10.5 Å². The molecule has 0 radical (unpaired) electrons. The van der Waals surface area contributed by atoms with Gasteiger partial charge in [0.2, 0.25) is 0 Å². The number of imidazole rings is 1. The molecule has 0 aliphatic heterocycles. The summed E-state index contributed by atoms with van der Waals surface area (Å²) in [4.78, 5) is 7.87. The molecule has 4 nitrogen and oxygen atoms in total. The first-order chi connectivity index (χ1) is 10.3. The molecule has 0 bridgehead atoms. The lowest BCUT2D eigenvalue weighted by Crippen LogP contribution is -1.95. The van der Waals surface area contributed by atoms with Gasteiger partial charge in [-0.25, -0.2) is 4.98 Å². The number of hydrogen-bond acceptors (Lipinski definition) is 4. The highest BCUT2D eigenvalue weighted by molar-refractivity contribution is 7.99. The largest absolute Gasteiger partial charge is 0.497 e. The SMILES string of the molecule is COc1ccc2nc(SCCc3ccccc3N)[nH]c2c1. The van der Waals surface area contributed by atoms with Gasteiger partial charge >= 0.3 is 0 Å². The fraction of sp³-hybridized carbons (Fsp3) is 0.188. The average Bonchev–Trinajstić information content (AvgIpc) is 2.90. The Bertz CT molecular complexity index is 754. The summed E-state index contributed by atoms with van der Waals surface area (Å²) in [6.07, 6.45) is 0.928. The molecule has 0 fully saturated rings. The molecule has 5 heteroatoms. The van der Waals surface area contributed by atoms with Gasteiger partial charge in [-0.3, -0.25) is 0 Å². The van der Waals surface area contributed by atoms with Gasteiger partial charge in [0.1, 0.15) is 5.75 Å². The van der Waals surface area contributed by atoms with Crippen molar-refractivity contribution in [3.63, 3.8) is 0 Å². The molecular formula is C16H17N3OS. The molecule has 0 aliphatic carbocycles. The number of nitrogens with one attached hydrogen (secondary N) is 1. The van der Waals surface area contributed by atoms with Crippen molar-refractivity contribution in [2.45, 2.75) is 11.6 Å². The number of aryl methyl sites for hydroxylation is 1. The standard InChI is InChI=1S/C16H17N3OS/c1-20-12-6-7-14-15(10-12)19-16(18-14)21-9-8-11-4-2-3-5-13(11)17/h2-7,10H,8-9,17H2,1H3,(H,18,19). The minimum Gasteiger partial charge on any atom is -0.497 e. The summed E-state index contributed by atoms with van der Waals surface area (Å²) in [5, 5.41) is 0.924. The zero-order chi connectivity index (χ0) is 14.7. The first-order valence-electron chi connectivity index (χ1n) is 6.76. The number of anilines is 1. The van der Waals surface area contributed by atoms with Crippen LogP contribution in [0, 0.1) is 0 Å². The van der Waals surface area contributed by atoms with Crippen molar-refractivity contribution in [1.29, 1.82) is 0 Å². The number of benzene rings is 2. The molecule has 0 spiro atoms. The summed E-state index contributed by atoms with van der Waals surface area (Å²) >= 11 is 1.70. The van der Waals surface area contributed by atoms with Crippen LogP contribution in [0.4, 0.5) is 5.69 Å². The zero-order valence-corrected chi connectivity index (χ0v) is 12.6. The van der Waals surface area contributed by atoms with Gasteiger partial charge in [0.15, 0.2) is 5.16 Å². The van der Waals surface area contributed by atoms with Crippen molar-refractivity contribution in [3.05, 3.63) is 48.0 Å². The number of H-pyrrole nitrogens is 1. The third-order valence-electron chi connectivity index (χ3n) is 3.33. The average molecular weight is 299 g/mol. The van der Waals surface area contributed by atoms with E-state index in [-0.39, 0.29) is 0 Å². The number of ether oxygens (including phenoxy) is 1. The van der Waals surface area contributed by atoms with Gasteiger partial charge in [-0.2, -0.15) is 0 Å². The molecule has 0 aliphatic rings. The summed E-state index contributed by atoms with van der Waals surface area (Å²) < 4.78 is 5.22. The van der Waals surface area contributed by atoms with Gasteiger partial charge in [-0.15, -0.1) is 0 Å². The van der Waals surface area contributed by atoms with E-state index >= 15 is 0 Å². The Labute approximate surface area is 127 Å². The molecule has 0 unspecified atom stereocenters. The fourth-order valence-electron chi connectivity index (χ4n) is 2.18. The molecule has 3 rings (SSSR count). The second kappa shape index (κ2) is 6.10. The smallest absolute Gasteiger partial charge is 0.166 e. The number of nitrogen functional groups attached to an aromatic ring is 1. The molecule has 2 aromatic carbocycles. The van der Waals surface area contributed by atoms with Gasteiger partial charge < -0.3 is 15.5 Å². The fourth-order valence-corrected chi connectivity index (χ4v) is 3.04. The highest BCUT2D eigenvalue weighted by Gasteiger charge is 2.05. The van der Waals surface area contributed by atoms with Crippen LogP contribution in [0.25, 0.3) is 11.0 Å². The van der Waals surface area contributed by atoms with Gasteiger partial charge in [-0.05, 0) is 30.2 Å². The number of fused-ring (bicyclic) bond motifs is 1. The molecule has 0 saturated carbocycles. The van der Waals surface area contributed by atoms with E-state index in [1.165, 1.54) is 5.56 Å². The first-order valence-corrected chi connectivity index (χ1v) is 7.75. The summed E-state index contributed by atoms with van der Waals surface area (Å²) in [6, 6.07) is 13.8. The number of rotatable bonds is 5. The minimum absolute atomic E-state index is 0.833. The maximum atomic E-state index is 5.95. The van der Waals surface area contributed by atoms with E-state index in [2.05, 4.69) is 16.0 Å². The van der Waals surface area contributed by atoms with Crippen molar-refractivity contribution in [3.8, 4) is 5.75 Å². The molecule has 3 N–H and O–H groups in total. The van der Waals surface area contributed by atoms with Crippen LogP contribution in [0.2, 0.25) is 0 Å². The van der Waals surface area contributed by atoms with E-state index in [0.717, 1.165) is 39.8 Å². The minimum atomic E-state index is 0.833. The Kier molecular flexibility index (Phi) is 4.01. The highest BCUT2D eigenvalue weighted by atomic mass is 32.2. The van der Waals surface area contributed by atoms with E-state index < -0.39 is 0 Å². The molecule has 108 valence electrons. The maximum absolute atomic E-state index is 5.95. The maximum Gasteiger partial charge on any atom is 0.166 e. The molecule has 1 heterocycles. The van der Waals surface area contributed by atoms with Crippen LogP contribution >= 0.6 is 11.8 Å². The number of aromatic nitrogens is 2. The van der Waals surface area contributed by atoms with Crippen LogP contribution < -0.4 is 10.5 Å². The van der Waals surface area contributed by atoms with Crippen molar-refractivity contribution >= 4 is 28.5 Å². The number of nitrogens with zero attached hydrogens (tertiary/aromatic N) is 1. The highest BCUT2D eigenvalue weighted by Crippen LogP contribution is 2.24. The zero-order valence-electron chi connectivity index (χ0n) is 11.8. The van der Waals surface area contributed by atoms with Crippen molar-refractivity contribution in [2.24, 2.45) is 0 Å². The molecule has 0 saturated heterocycles. The lowest BCUT2D eigenvalue weighted by Gasteiger charge is -2.03. The van der Waals surface area contributed by atoms with Crippen molar-refractivity contribution in [2.75, 3.05) is 18.6 Å². The second-order valence-electron chi connectivity index (χ2n) is 4.72. The molecule has 21 heavy (non-hydrogen) atoms. The van der Waals surface area contributed by atoms with E-state index in [0.29, 0.717) is 0 Å². The Balaban J connectivity index is 1.67. The number of para-hydroxylation sites is 1. The normalized spacial score (nSPS) is 10.9. The van der Waals surface area contributed by atoms with Crippen molar-refractivity contribution in [1.82, 2.24) is 9.97 Å². The van der Waals surface area contributed by atoms with Crippen LogP contribution in [-0.4, -0.2) is 22.8 Å². The molecular weight excluding hydrogens is 282 g/mol. The number of nitrogens with two attached hydrogens (primary N) is 1. The third kappa shape index (κ3) is 3.13. The van der Waals surface area contributed by atoms with Crippen LogP contribution in [-0.2, 0) is 6.42 Å². The van der Waals surface area contributed by atoms with Crippen LogP contribution in [0.3, 0.4) is 0 Å². The predicted octanol–water partition coefficient (Wildman–Crippen LogP) is 3.49. The lowest BCUT2D eigenvalue weighted by molar-refractivity contribution is 0.415. The van der Waals surface area contributed by atoms with Crippen LogP contribution in [0.5, 0.6) is 5.75 Å². The van der Waals surface area contributed by atoms with Crippen molar-refractivity contribution < 1.29 is 4.74 Å². The Morgan fingerprint density at radius 1 is 1.24 bits per heavy atom. The Morgan fingerprint density at radius 3 is 2.90 bits per heavy atom. The van der Waals surface area contributed by atoms with Crippen LogP contribution in [0.15, 0.2) is 47.6 Å². The topological polar surface area (TPSA) is 63.9 Å². The molecule has 3 aromatic rings. The van der Waals surface area contributed by atoms with Gasteiger partial charge in [0.25, 0.3) is 0 Å². The quantitative estimate of drug-likeness (QED) is 0.559. The number of thioether (sulfide) groups is 1. The monoisotopic (exact) mass is 299 g/mol. The number of aromatic amines is 1. The molecule has 0 amide bonds. The van der Waals surface area contributed by atoms with E-state index in [1.54, 1.807) is 18.9 Å².